The maximum atomic E-state index is 12.1. The van der Waals surface area contributed by atoms with Gasteiger partial charge in [-0.1, -0.05) is 24.2 Å². The molecule has 166 valence electrons. The minimum atomic E-state index is 0.327. The summed E-state index contributed by atoms with van der Waals surface area (Å²) in [5.74, 6) is 2.87. The average molecular weight is 434 g/mol. The first-order valence-electron chi connectivity index (χ1n) is 10.4. The molecule has 0 saturated carbocycles. The fourth-order valence-electron chi connectivity index (χ4n) is 3.68. The third kappa shape index (κ3) is 4.03. The highest BCUT2D eigenvalue weighted by molar-refractivity contribution is 5.77. The van der Waals surface area contributed by atoms with Crippen LogP contribution >= 0.6 is 0 Å². The van der Waals surface area contributed by atoms with Crippen molar-refractivity contribution < 1.29 is 18.8 Å². The van der Waals surface area contributed by atoms with Crippen LogP contribution < -0.4 is 14.4 Å². The predicted octanol–water partition coefficient (Wildman–Crippen LogP) is 4.25. The minimum absolute atomic E-state index is 0.327. The zero-order chi connectivity index (χ0) is 22.7. The van der Waals surface area contributed by atoms with Crippen LogP contribution in [0, 0.1) is 13.8 Å². The lowest BCUT2D eigenvalue weighted by Gasteiger charge is -2.19. The lowest BCUT2D eigenvalue weighted by molar-refractivity contribution is -0.107. The summed E-state index contributed by atoms with van der Waals surface area (Å²) in [6, 6.07) is 11.4. The van der Waals surface area contributed by atoms with Crippen LogP contribution in [0.15, 0.2) is 47.1 Å². The first-order chi connectivity index (χ1) is 15.5. The fourth-order valence-corrected chi connectivity index (χ4v) is 3.68. The van der Waals surface area contributed by atoms with Gasteiger partial charge in [0.2, 0.25) is 6.41 Å². The molecule has 1 aromatic carbocycles. The molecule has 4 aromatic rings. The molecule has 0 aliphatic rings. The summed E-state index contributed by atoms with van der Waals surface area (Å²) in [5, 5.41) is 3.98. The lowest BCUT2D eigenvalue weighted by Crippen LogP contribution is -2.23. The number of amides is 1. The lowest BCUT2D eigenvalue weighted by atomic mass is 10.2. The second kappa shape index (κ2) is 9.13. The Morgan fingerprint density at radius 1 is 1.19 bits per heavy atom. The summed E-state index contributed by atoms with van der Waals surface area (Å²) in [4.78, 5) is 18.6. The molecule has 0 unspecified atom stereocenters. The minimum Gasteiger partial charge on any atom is -0.497 e. The van der Waals surface area contributed by atoms with Gasteiger partial charge in [-0.25, -0.2) is 4.98 Å². The third-order valence-corrected chi connectivity index (χ3v) is 5.46. The molecule has 4 rings (SSSR count). The van der Waals surface area contributed by atoms with E-state index >= 15 is 0 Å². The molecule has 0 aliphatic heterocycles. The summed E-state index contributed by atoms with van der Waals surface area (Å²) in [5.41, 5.74) is 4.19. The van der Waals surface area contributed by atoms with E-state index in [2.05, 4.69) is 5.16 Å². The molecule has 0 N–H and O–H groups in total. The molecular weight excluding hydrogens is 408 g/mol. The van der Waals surface area contributed by atoms with Gasteiger partial charge in [-0.05, 0) is 50.1 Å². The molecule has 0 fully saturated rings. The number of rotatable bonds is 9. The Morgan fingerprint density at radius 3 is 2.59 bits per heavy atom. The van der Waals surface area contributed by atoms with Crippen molar-refractivity contribution in [1.82, 2.24) is 14.5 Å². The fraction of sp³-hybridized carbons (Fsp3) is 0.292. The van der Waals surface area contributed by atoms with Gasteiger partial charge < -0.3 is 14.0 Å². The van der Waals surface area contributed by atoms with Crippen LogP contribution in [0.5, 0.6) is 11.5 Å². The van der Waals surface area contributed by atoms with Gasteiger partial charge in [-0.3, -0.25) is 14.1 Å². The van der Waals surface area contributed by atoms with E-state index in [1.807, 2.05) is 67.8 Å². The number of fused-ring (bicyclic) bond motifs is 1. The smallest absolute Gasteiger partial charge is 0.215 e. The molecule has 1 amide bonds. The van der Waals surface area contributed by atoms with E-state index in [9.17, 15) is 4.79 Å². The van der Waals surface area contributed by atoms with Crippen LogP contribution in [0.2, 0.25) is 0 Å². The molecule has 3 aromatic heterocycles. The summed E-state index contributed by atoms with van der Waals surface area (Å²) in [6.45, 7) is 6.52. The number of aromatic nitrogens is 3. The number of hydrogen-bond donors (Lipinski definition) is 0. The van der Waals surface area contributed by atoms with Gasteiger partial charge in [0.1, 0.15) is 23.9 Å². The van der Waals surface area contributed by atoms with Crippen molar-refractivity contribution in [2.75, 3.05) is 12.0 Å². The number of ether oxygens (including phenoxy) is 2. The van der Waals surface area contributed by atoms with E-state index in [0.717, 1.165) is 46.3 Å². The number of carbonyl (C=O) groups is 1. The van der Waals surface area contributed by atoms with Crippen LogP contribution in [-0.2, 0) is 24.4 Å². The number of benzene rings is 1. The number of imidazole rings is 1. The van der Waals surface area contributed by atoms with Crippen LogP contribution in [0.25, 0.3) is 5.65 Å². The van der Waals surface area contributed by atoms with E-state index in [4.69, 9.17) is 19.0 Å². The van der Waals surface area contributed by atoms with Gasteiger partial charge in [0.05, 0.1) is 30.6 Å². The van der Waals surface area contributed by atoms with Crippen molar-refractivity contribution in [2.45, 2.75) is 40.3 Å². The second-order valence-corrected chi connectivity index (χ2v) is 7.47. The summed E-state index contributed by atoms with van der Waals surface area (Å²) in [6.07, 6.45) is 3.40. The quantitative estimate of drug-likeness (QED) is 0.366. The maximum absolute atomic E-state index is 12.1. The molecule has 8 heteroatoms. The van der Waals surface area contributed by atoms with Gasteiger partial charge >= 0.3 is 0 Å². The van der Waals surface area contributed by atoms with Crippen molar-refractivity contribution in [1.29, 1.82) is 0 Å². The highest BCUT2D eigenvalue weighted by Crippen LogP contribution is 2.30. The maximum Gasteiger partial charge on any atom is 0.215 e. The van der Waals surface area contributed by atoms with E-state index in [1.54, 1.807) is 12.0 Å². The summed E-state index contributed by atoms with van der Waals surface area (Å²) >= 11 is 0. The Kier molecular flexibility index (Phi) is 6.11. The average Bonchev–Trinajstić information content (AvgIpc) is 3.36. The van der Waals surface area contributed by atoms with Gasteiger partial charge in [0.25, 0.3) is 0 Å². The first kappa shape index (κ1) is 21.4. The van der Waals surface area contributed by atoms with Crippen molar-refractivity contribution >= 4 is 17.9 Å². The molecule has 0 bridgehead atoms. The standard InChI is InChI=1S/C24H26N4O4/c1-5-21-24(27(15-29)13-18-8-10-19(30-4)11-9-18)28-12-6-7-22(23(28)25-21)31-14-20-16(2)26-32-17(20)3/h6-12,15H,5,13-14H2,1-4H3. The highest BCUT2D eigenvalue weighted by Gasteiger charge is 2.20. The number of carbonyl (C=O) groups excluding carboxylic acids is 1. The second-order valence-electron chi connectivity index (χ2n) is 7.47. The zero-order valence-electron chi connectivity index (χ0n) is 18.7. The zero-order valence-corrected chi connectivity index (χ0v) is 18.7. The van der Waals surface area contributed by atoms with E-state index < -0.39 is 0 Å². The Morgan fingerprint density at radius 2 is 1.97 bits per heavy atom. The van der Waals surface area contributed by atoms with E-state index in [0.29, 0.717) is 31.0 Å². The predicted molar refractivity (Wildman–Crippen MR) is 120 cm³/mol. The molecular formula is C24H26N4O4. The van der Waals surface area contributed by atoms with Gasteiger partial charge in [0.15, 0.2) is 11.4 Å². The largest absolute Gasteiger partial charge is 0.497 e. The Balaban J connectivity index is 1.67. The SMILES string of the molecule is CCc1nc2c(OCc3c(C)noc3C)cccn2c1N(C=O)Cc1ccc(OC)cc1. The van der Waals surface area contributed by atoms with Crippen molar-refractivity contribution in [3.05, 3.63) is 70.9 Å². The van der Waals surface area contributed by atoms with Crippen LogP contribution in [0.1, 0.15) is 35.2 Å². The Hall–Kier alpha value is -3.81. The number of pyridine rings is 1. The first-order valence-corrected chi connectivity index (χ1v) is 10.4. The normalized spacial score (nSPS) is 11.0. The van der Waals surface area contributed by atoms with Crippen LogP contribution in [-0.4, -0.2) is 28.1 Å². The third-order valence-electron chi connectivity index (χ3n) is 5.46. The Labute approximate surface area is 186 Å². The summed E-state index contributed by atoms with van der Waals surface area (Å²) in [7, 11) is 1.63. The molecule has 32 heavy (non-hydrogen) atoms. The van der Waals surface area contributed by atoms with Crippen LogP contribution in [0.3, 0.4) is 0 Å². The molecule has 0 atom stereocenters. The molecule has 0 aliphatic carbocycles. The number of hydrogen-bond acceptors (Lipinski definition) is 6. The molecule has 0 saturated heterocycles. The van der Waals surface area contributed by atoms with Crippen molar-refractivity contribution in [2.24, 2.45) is 0 Å². The number of anilines is 1. The topological polar surface area (TPSA) is 82.1 Å². The summed E-state index contributed by atoms with van der Waals surface area (Å²) < 4.78 is 18.4. The van der Waals surface area contributed by atoms with E-state index in [-0.39, 0.29) is 0 Å². The van der Waals surface area contributed by atoms with Crippen LogP contribution in [0.4, 0.5) is 5.82 Å². The van der Waals surface area contributed by atoms with E-state index in [1.165, 1.54) is 0 Å². The molecule has 3 heterocycles. The van der Waals surface area contributed by atoms with Gasteiger partial charge in [0, 0.05) is 6.20 Å². The molecule has 0 radical (unpaired) electrons. The number of nitrogens with zero attached hydrogens (tertiary/aromatic N) is 4. The molecule has 0 spiro atoms. The van der Waals surface area contributed by atoms with Gasteiger partial charge in [-0.15, -0.1) is 0 Å². The van der Waals surface area contributed by atoms with Crippen molar-refractivity contribution in [3.8, 4) is 11.5 Å². The number of methoxy groups -OCH3 is 1. The number of aryl methyl sites for hydroxylation is 3. The Bertz CT molecular complexity index is 1210. The van der Waals surface area contributed by atoms with Crippen molar-refractivity contribution in [3.63, 3.8) is 0 Å². The monoisotopic (exact) mass is 434 g/mol. The van der Waals surface area contributed by atoms with Gasteiger partial charge in [-0.2, -0.15) is 0 Å². The highest BCUT2D eigenvalue weighted by atomic mass is 16.5. The molecule has 8 nitrogen and oxygen atoms in total.